The molecule has 0 radical (unpaired) electrons. The van der Waals surface area contributed by atoms with Crippen molar-refractivity contribution >= 4 is 11.6 Å². The van der Waals surface area contributed by atoms with E-state index < -0.39 is 0 Å². The number of rotatable bonds is 5. The summed E-state index contributed by atoms with van der Waals surface area (Å²) in [5, 5.41) is 4.53. The summed E-state index contributed by atoms with van der Waals surface area (Å²) in [4.78, 5) is 0. The molecule has 1 aliphatic heterocycles. The number of halogens is 1. The Morgan fingerprint density at radius 1 is 1.33 bits per heavy atom. The minimum atomic E-state index is 0.233. The topological polar surface area (TPSA) is 21.3 Å². The van der Waals surface area contributed by atoms with Crippen LogP contribution in [0, 0.1) is 5.92 Å². The summed E-state index contributed by atoms with van der Waals surface area (Å²) in [7, 11) is 0. The van der Waals surface area contributed by atoms with E-state index in [2.05, 4.69) is 24.4 Å². The van der Waals surface area contributed by atoms with Crippen molar-refractivity contribution in [3.63, 3.8) is 0 Å². The third-order valence-corrected chi connectivity index (χ3v) is 5.45. The molecule has 0 bridgehead atoms. The fraction of sp³-hybridized carbons (Fsp3) is 0.667. The molecule has 0 amide bonds. The molecule has 1 saturated heterocycles. The first-order valence-corrected chi connectivity index (χ1v) is 8.70. The lowest BCUT2D eigenvalue weighted by molar-refractivity contribution is -0.147. The maximum absolute atomic E-state index is 6.08. The van der Waals surface area contributed by atoms with Gasteiger partial charge in [0.15, 0.2) is 0 Å². The molecule has 1 aliphatic carbocycles. The predicted octanol–water partition coefficient (Wildman–Crippen LogP) is 4.21. The Morgan fingerprint density at radius 3 is 2.71 bits per heavy atom. The van der Waals surface area contributed by atoms with Gasteiger partial charge in [-0.3, -0.25) is 0 Å². The van der Waals surface area contributed by atoms with Gasteiger partial charge in [0.2, 0.25) is 0 Å². The molecule has 0 aromatic heterocycles. The van der Waals surface area contributed by atoms with Gasteiger partial charge in [0.25, 0.3) is 0 Å². The van der Waals surface area contributed by atoms with Crippen LogP contribution in [0.4, 0.5) is 0 Å². The van der Waals surface area contributed by atoms with E-state index in [1.165, 1.54) is 37.7 Å². The van der Waals surface area contributed by atoms with Gasteiger partial charge in [-0.1, -0.05) is 30.7 Å². The van der Waals surface area contributed by atoms with Gasteiger partial charge in [0.1, 0.15) is 0 Å². The molecular weight excluding hydrogens is 282 g/mol. The van der Waals surface area contributed by atoms with Crippen LogP contribution in [0.1, 0.15) is 44.6 Å². The Morgan fingerprint density at radius 2 is 2.10 bits per heavy atom. The van der Waals surface area contributed by atoms with E-state index >= 15 is 0 Å². The molecule has 1 spiro atoms. The predicted molar refractivity (Wildman–Crippen MR) is 87.9 cm³/mol. The average Bonchev–Trinajstić information content (AvgIpc) is 2.47. The highest BCUT2D eigenvalue weighted by molar-refractivity contribution is 6.30. The van der Waals surface area contributed by atoms with Crippen molar-refractivity contribution in [3.8, 4) is 0 Å². The van der Waals surface area contributed by atoms with Gasteiger partial charge in [-0.2, -0.15) is 0 Å². The van der Waals surface area contributed by atoms with E-state index in [1.54, 1.807) is 0 Å². The average molecular weight is 308 g/mol. The van der Waals surface area contributed by atoms with Gasteiger partial charge < -0.3 is 10.1 Å². The highest BCUT2D eigenvalue weighted by atomic mass is 35.5. The van der Waals surface area contributed by atoms with Gasteiger partial charge >= 0.3 is 0 Å². The monoisotopic (exact) mass is 307 g/mol. The Hall–Kier alpha value is -0.570. The molecule has 1 heterocycles. The number of likely N-dealkylation sites (N-methyl/N-ethyl adjacent to an activating group) is 1. The first-order chi connectivity index (χ1) is 10.2. The third-order valence-electron chi connectivity index (χ3n) is 5.20. The second kappa shape index (κ2) is 6.68. The number of hydrogen-bond donors (Lipinski definition) is 1. The number of benzene rings is 1. The molecule has 2 fully saturated rings. The van der Waals surface area contributed by atoms with Crippen molar-refractivity contribution in [2.45, 2.75) is 57.1 Å². The molecule has 21 heavy (non-hydrogen) atoms. The molecule has 2 aliphatic rings. The maximum atomic E-state index is 6.08. The molecule has 1 saturated carbocycles. The van der Waals surface area contributed by atoms with Gasteiger partial charge in [-0.15, -0.1) is 0 Å². The fourth-order valence-electron chi connectivity index (χ4n) is 3.87. The van der Waals surface area contributed by atoms with Crippen LogP contribution in [0.15, 0.2) is 24.3 Å². The quantitative estimate of drug-likeness (QED) is 0.880. The molecule has 1 aromatic carbocycles. The zero-order valence-corrected chi connectivity index (χ0v) is 13.7. The molecule has 1 N–H and O–H groups in total. The molecule has 3 heteroatoms. The van der Waals surface area contributed by atoms with Crippen molar-refractivity contribution in [1.82, 2.24) is 5.32 Å². The molecule has 2 nitrogen and oxygen atoms in total. The zero-order valence-electron chi connectivity index (χ0n) is 12.9. The van der Waals surface area contributed by atoms with Crippen molar-refractivity contribution in [3.05, 3.63) is 34.9 Å². The summed E-state index contributed by atoms with van der Waals surface area (Å²) in [6.45, 7) is 4.17. The van der Waals surface area contributed by atoms with Crippen LogP contribution in [0.5, 0.6) is 0 Å². The van der Waals surface area contributed by atoms with Crippen LogP contribution in [0.25, 0.3) is 0 Å². The number of ether oxygens (including phenoxy) is 1. The fourth-order valence-corrected chi connectivity index (χ4v) is 4.00. The largest absolute Gasteiger partial charge is 0.375 e. The molecular formula is C18H26ClNO. The van der Waals surface area contributed by atoms with Crippen molar-refractivity contribution < 1.29 is 4.74 Å². The van der Waals surface area contributed by atoms with Crippen LogP contribution in [0.3, 0.4) is 0 Å². The van der Waals surface area contributed by atoms with Crippen LogP contribution >= 0.6 is 11.6 Å². The number of nitrogens with one attached hydrogen (secondary N) is 1. The molecule has 2 unspecified atom stereocenters. The SMILES string of the molecule is CCNC(Cc1ccc(Cl)cc1)C1CCOC2(CCC2)C1. The van der Waals surface area contributed by atoms with Gasteiger partial charge in [0.05, 0.1) is 5.60 Å². The first-order valence-electron chi connectivity index (χ1n) is 8.32. The lowest BCUT2D eigenvalue weighted by atomic mass is 9.70. The summed E-state index contributed by atoms with van der Waals surface area (Å²) in [5.74, 6) is 0.731. The Balaban J connectivity index is 1.66. The van der Waals surface area contributed by atoms with Crippen LogP contribution < -0.4 is 5.32 Å². The lowest BCUT2D eigenvalue weighted by Crippen LogP contribution is -2.50. The molecule has 3 rings (SSSR count). The van der Waals surface area contributed by atoms with Gasteiger partial charge in [-0.25, -0.2) is 0 Å². The van der Waals surface area contributed by atoms with E-state index in [4.69, 9.17) is 16.3 Å². The molecule has 116 valence electrons. The summed E-state index contributed by atoms with van der Waals surface area (Å²) < 4.78 is 6.08. The van der Waals surface area contributed by atoms with Crippen LogP contribution in [0.2, 0.25) is 5.02 Å². The Kier molecular flexibility index (Phi) is 4.88. The van der Waals surface area contributed by atoms with Crippen molar-refractivity contribution in [1.29, 1.82) is 0 Å². The zero-order chi connectivity index (χ0) is 14.7. The van der Waals surface area contributed by atoms with E-state index in [0.29, 0.717) is 6.04 Å². The third kappa shape index (κ3) is 3.61. The number of hydrogen-bond acceptors (Lipinski definition) is 2. The summed E-state index contributed by atoms with van der Waals surface area (Å²) >= 11 is 5.99. The standard InChI is InChI=1S/C18H26ClNO/c1-2-20-17(12-14-4-6-16(19)7-5-14)15-8-11-21-18(13-15)9-3-10-18/h4-7,15,17,20H,2-3,8-13H2,1H3. The van der Waals surface area contributed by atoms with E-state index in [0.717, 1.165) is 30.5 Å². The Labute approximate surface area is 133 Å². The maximum Gasteiger partial charge on any atom is 0.0685 e. The van der Waals surface area contributed by atoms with Gasteiger partial charge in [0, 0.05) is 17.7 Å². The molecule has 1 aromatic rings. The lowest BCUT2D eigenvalue weighted by Gasteiger charge is -2.49. The Bertz CT molecular complexity index is 455. The summed E-state index contributed by atoms with van der Waals surface area (Å²) in [6.07, 6.45) is 7.39. The second-order valence-corrected chi connectivity index (χ2v) is 7.07. The molecule has 2 atom stereocenters. The normalized spacial score (nSPS) is 25.5. The summed E-state index contributed by atoms with van der Waals surface area (Å²) in [6, 6.07) is 8.86. The highest BCUT2D eigenvalue weighted by Gasteiger charge is 2.44. The van der Waals surface area contributed by atoms with Crippen molar-refractivity contribution in [2.24, 2.45) is 5.92 Å². The van der Waals surface area contributed by atoms with Crippen LogP contribution in [-0.2, 0) is 11.2 Å². The summed E-state index contributed by atoms with van der Waals surface area (Å²) in [5.41, 5.74) is 1.61. The van der Waals surface area contributed by atoms with Crippen molar-refractivity contribution in [2.75, 3.05) is 13.2 Å². The first kappa shape index (κ1) is 15.3. The second-order valence-electron chi connectivity index (χ2n) is 6.63. The van der Waals surface area contributed by atoms with Gasteiger partial charge in [-0.05, 0) is 68.7 Å². The smallest absolute Gasteiger partial charge is 0.0685 e. The van der Waals surface area contributed by atoms with E-state index in [1.807, 2.05) is 12.1 Å². The van der Waals surface area contributed by atoms with E-state index in [9.17, 15) is 0 Å². The minimum Gasteiger partial charge on any atom is -0.375 e. The van der Waals surface area contributed by atoms with Crippen LogP contribution in [-0.4, -0.2) is 24.8 Å². The van der Waals surface area contributed by atoms with E-state index in [-0.39, 0.29) is 5.60 Å². The highest BCUT2D eigenvalue weighted by Crippen LogP contribution is 2.45. The minimum absolute atomic E-state index is 0.233.